The Morgan fingerprint density at radius 3 is 2.70 bits per heavy atom. The van der Waals surface area contributed by atoms with Gasteiger partial charge in [0, 0.05) is 16.2 Å². The van der Waals surface area contributed by atoms with Crippen LogP contribution >= 0.6 is 23.4 Å². The highest BCUT2D eigenvalue weighted by Gasteiger charge is 2.07. The highest BCUT2D eigenvalue weighted by molar-refractivity contribution is 7.98. The third-order valence-electron chi connectivity index (χ3n) is 2.98. The molecule has 20 heavy (non-hydrogen) atoms. The van der Waals surface area contributed by atoms with E-state index in [2.05, 4.69) is 24.2 Å². The molecule has 0 aliphatic rings. The van der Waals surface area contributed by atoms with E-state index in [1.165, 1.54) is 11.1 Å². The maximum atomic E-state index is 8.66. The number of rotatable bonds is 4. The molecule has 0 heterocycles. The minimum Gasteiger partial charge on any atom is -0.409 e. The van der Waals surface area contributed by atoms with Gasteiger partial charge in [0.2, 0.25) is 0 Å². The first kappa shape index (κ1) is 14.8. The van der Waals surface area contributed by atoms with Crippen LogP contribution in [-0.4, -0.2) is 11.0 Å². The van der Waals surface area contributed by atoms with Crippen LogP contribution in [0.2, 0.25) is 5.02 Å². The maximum Gasteiger partial charge on any atom is 0.171 e. The Hall–Kier alpha value is -1.65. The number of nitrogens with zero attached hydrogens (tertiary/aromatic N) is 1. The number of hydrogen-bond donors (Lipinski definition) is 2. The lowest BCUT2D eigenvalue weighted by molar-refractivity contribution is 0.318. The van der Waals surface area contributed by atoms with Crippen molar-refractivity contribution in [1.29, 1.82) is 0 Å². The fraction of sp³-hybridized carbons (Fsp3) is 0.133. The van der Waals surface area contributed by atoms with Crippen LogP contribution in [0.15, 0.2) is 52.5 Å². The van der Waals surface area contributed by atoms with Crippen molar-refractivity contribution in [3.8, 4) is 0 Å². The summed E-state index contributed by atoms with van der Waals surface area (Å²) in [6.45, 7) is 2.10. The van der Waals surface area contributed by atoms with E-state index in [0.717, 1.165) is 10.6 Å². The lowest BCUT2D eigenvalue weighted by Gasteiger charge is -2.07. The second kappa shape index (κ2) is 6.68. The van der Waals surface area contributed by atoms with Crippen LogP contribution in [0.5, 0.6) is 0 Å². The second-order valence-corrected chi connectivity index (χ2v) is 5.80. The van der Waals surface area contributed by atoms with Gasteiger partial charge in [-0.2, -0.15) is 0 Å². The molecule has 0 fully saturated rings. The molecule has 0 spiro atoms. The minimum atomic E-state index is 0.0189. The van der Waals surface area contributed by atoms with Gasteiger partial charge >= 0.3 is 0 Å². The molecule has 0 aliphatic heterocycles. The summed E-state index contributed by atoms with van der Waals surface area (Å²) in [7, 11) is 0. The van der Waals surface area contributed by atoms with E-state index >= 15 is 0 Å². The summed E-state index contributed by atoms with van der Waals surface area (Å²) in [4.78, 5) is 1.05. The van der Waals surface area contributed by atoms with Gasteiger partial charge in [0.25, 0.3) is 0 Å². The molecule has 3 nitrogen and oxygen atoms in total. The summed E-state index contributed by atoms with van der Waals surface area (Å²) in [5, 5.41) is 12.1. The van der Waals surface area contributed by atoms with Crippen molar-refractivity contribution in [3.63, 3.8) is 0 Å². The van der Waals surface area contributed by atoms with Crippen LogP contribution in [-0.2, 0) is 5.75 Å². The number of amidine groups is 1. The summed E-state index contributed by atoms with van der Waals surface area (Å²) in [5.41, 5.74) is 8.65. The Kier molecular flexibility index (Phi) is 4.93. The molecular formula is C15H15ClN2OS. The SMILES string of the molecule is Cc1ccccc1CSc1ccc(C(N)=NO)c(Cl)c1. The first-order valence-corrected chi connectivity index (χ1v) is 7.43. The third kappa shape index (κ3) is 3.46. The normalized spacial score (nSPS) is 11.6. The Morgan fingerprint density at radius 2 is 2.05 bits per heavy atom. The van der Waals surface area contributed by atoms with Gasteiger partial charge in [0.05, 0.1) is 5.02 Å². The average Bonchev–Trinajstić information content (AvgIpc) is 2.46. The van der Waals surface area contributed by atoms with Crippen molar-refractivity contribution < 1.29 is 5.21 Å². The predicted octanol–water partition coefficient (Wildman–Crippen LogP) is 4.04. The number of benzene rings is 2. The number of thioether (sulfide) groups is 1. The molecule has 5 heteroatoms. The Morgan fingerprint density at radius 1 is 1.30 bits per heavy atom. The smallest absolute Gasteiger partial charge is 0.171 e. The number of nitrogens with two attached hydrogens (primary N) is 1. The number of hydrogen-bond acceptors (Lipinski definition) is 3. The van der Waals surface area contributed by atoms with Crippen molar-refractivity contribution in [2.75, 3.05) is 0 Å². The Labute approximate surface area is 127 Å². The van der Waals surface area contributed by atoms with Gasteiger partial charge in [0.15, 0.2) is 5.84 Å². The first-order valence-electron chi connectivity index (χ1n) is 6.06. The lowest BCUT2D eigenvalue weighted by Crippen LogP contribution is -2.13. The number of oxime groups is 1. The second-order valence-electron chi connectivity index (χ2n) is 4.34. The van der Waals surface area contributed by atoms with Gasteiger partial charge in [-0.05, 0) is 36.2 Å². The molecule has 0 saturated heterocycles. The Bertz CT molecular complexity index is 644. The van der Waals surface area contributed by atoms with Gasteiger partial charge < -0.3 is 10.9 Å². The predicted molar refractivity (Wildman–Crippen MR) is 84.7 cm³/mol. The molecule has 0 aromatic heterocycles. The van der Waals surface area contributed by atoms with Crippen LogP contribution in [0.4, 0.5) is 0 Å². The van der Waals surface area contributed by atoms with Crippen molar-refractivity contribution in [1.82, 2.24) is 0 Å². The zero-order valence-electron chi connectivity index (χ0n) is 11.0. The average molecular weight is 307 g/mol. The summed E-state index contributed by atoms with van der Waals surface area (Å²) in [6, 6.07) is 13.8. The van der Waals surface area contributed by atoms with Gasteiger partial charge in [0.1, 0.15) is 0 Å². The quantitative estimate of drug-likeness (QED) is 0.295. The van der Waals surface area contributed by atoms with E-state index in [9.17, 15) is 0 Å². The van der Waals surface area contributed by atoms with Crippen molar-refractivity contribution in [2.24, 2.45) is 10.9 Å². The van der Waals surface area contributed by atoms with Gasteiger partial charge in [-0.15, -0.1) is 11.8 Å². The molecule has 0 saturated carbocycles. The van der Waals surface area contributed by atoms with Crippen LogP contribution in [0.3, 0.4) is 0 Å². The standard InChI is InChI=1S/C15H15ClN2OS/c1-10-4-2-3-5-11(10)9-20-12-6-7-13(14(16)8-12)15(17)18-19/h2-8,19H,9H2,1H3,(H2,17,18). The topological polar surface area (TPSA) is 58.6 Å². The molecule has 2 rings (SSSR count). The zero-order chi connectivity index (χ0) is 14.5. The summed E-state index contributed by atoms with van der Waals surface area (Å²) in [5.74, 6) is 0.900. The van der Waals surface area contributed by atoms with Crippen LogP contribution < -0.4 is 5.73 Å². The highest BCUT2D eigenvalue weighted by atomic mass is 35.5. The maximum absolute atomic E-state index is 8.66. The monoisotopic (exact) mass is 306 g/mol. The van der Waals surface area contributed by atoms with Crippen molar-refractivity contribution in [2.45, 2.75) is 17.6 Å². The van der Waals surface area contributed by atoms with Crippen molar-refractivity contribution >= 4 is 29.2 Å². The van der Waals surface area contributed by atoms with Gasteiger partial charge in [-0.25, -0.2) is 0 Å². The molecule has 2 aromatic carbocycles. The largest absolute Gasteiger partial charge is 0.409 e. The molecule has 0 aliphatic carbocycles. The van der Waals surface area contributed by atoms with E-state index in [1.807, 2.05) is 24.3 Å². The molecule has 0 bridgehead atoms. The highest BCUT2D eigenvalue weighted by Crippen LogP contribution is 2.28. The molecule has 2 aromatic rings. The molecular weight excluding hydrogens is 292 g/mol. The molecule has 0 amide bonds. The molecule has 0 atom stereocenters. The van der Waals surface area contributed by atoms with E-state index in [-0.39, 0.29) is 5.84 Å². The van der Waals surface area contributed by atoms with E-state index in [0.29, 0.717) is 10.6 Å². The summed E-state index contributed by atoms with van der Waals surface area (Å²) < 4.78 is 0. The van der Waals surface area contributed by atoms with Gasteiger partial charge in [-0.1, -0.05) is 41.0 Å². The third-order valence-corrected chi connectivity index (χ3v) is 4.34. The summed E-state index contributed by atoms with van der Waals surface area (Å²) in [6.07, 6.45) is 0. The molecule has 104 valence electrons. The minimum absolute atomic E-state index is 0.0189. The first-order chi connectivity index (χ1) is 9.61. The van der Waals surface area contributed by atoms with E-state index in [4.69, 9.17) is 22.5 Å². The molecule has 0 radical (unpaired) electrons. The zero-order valence-corrected chi connectivity index (χ0v) is 12.6. The van der Waals surface area contributed by atoms with Crippen molar-refractivity contribution in [3.05, 3.63) is 64.2 Å². The number of halogens is 1. The van der Waals surface area contributed by atoms with E-state index in [1.54, 1.807) is 17.8 Å². The van der Waals surface area contributed by atoms with Crippen LogP contribution in [0.1, 0.15) is 16.7 Å². The molecule has 0 unspecified atom stereocenters. The fourth-order valence-corrected chi connectivity index (χ4v) is 3.13. The number of aryl methyl sites for hydroxylation is 1. The fourth-order valence-electron chi connectivity index (χ4n) is 1.78. The summed E-state index contributed by atoms with van der Waals surface area (Å²) >= 11 is 7.83. The van der Waals surface area contributed by atoms with E-state index < -0.39 is 0 Å². The van der Waals surface area contributed by atoms with Crippen LogP contribution in [0, 0.1) is 6.92 Å². The lowest BCUT2D eigenvalue weighted by atomic mass is 10.1. The Balaban J connectivity index is 2.12. The van der Waals surface area contributed by atoms with Gasteiger partial charge in [-0.3, -0.25) is 0 Å². The van der Waals surface area contributed by atoms with Crippen LogP contribution in [0.25, 0.3) is 0 Å². The molecule has 3 N–H and O–H groups in total.